The summed E-state index contributed by atoms with van der Waals surface area (Å²) in [7, 11) is 0. The molecule has 1 fully saturated rings. The van der Waals surface area contributed by atoms with Gasteiger partial charge in [0.15, 0.2) is 0 Å². The van der Waals surface area contributed by atoms with E-state index in [1.807, 2.05) is 13.8 Å². The molecule has 2 aliphatic rings. The maximum atomic E-state index is 12.6. The second kappa shape index (κ2) is 9.07. The van der Waals surface area contributed by atoms with E-state index in [1.165, 1.54) is 4.90 Å². The van der Waals surface area contributed by atoms with Gasteiger partial charge in [0.1, 0.15) is 0 Å². The fourth-order valence-electron chi connectivity index (χ4n) is 3.70. The summed E-state index contributed by atoms with van der Waals surface area (Å²) >= 11 is 3.32. The third-order valence-electron chi connectivity index (χ3n) is 5.35. The molecule has 0 aliphatic carbocycles. The topological polar surface area (TPSA) is 86.8 Å². The normalized spacial score (nSPS) is 19.0. The van der Waals surface area contributed by atoms with Crippen LogP contribution in [0, 0.1) is 5.92 Å². The van der Waals surface area contributed by atoms with Crippen molar-refractivity contribution in [3.05, 3.63) is 33.8 Å². The zero-order valence-corrected chi connectivity index (χ0v) is 18.3. The van der Waals surface area contributed by atoms with Crippen molar-refractivity contribution in [2.45, 2.75) is 45.6 Å². The SMILES string of the molecule is CC(C)C(=O)NC1CCCN(C(=O)CCCN2C(=O)c3ccc(Br)cc3C2=O)C1. The van der Waals surface area contributed by atoms with E-state index in [4.69, 9.17) is 0 Å². The van der Waals surface area contributed by atoms with Crippen molar-refractivity contribution in [3.8, 4) is 0 Å². The van der Waals surface area contributed by atoms with Crippen molar-refractivity contribution in [2.24, 2.45) is 5.92 Å². The lowest BCUT2D eigenvalue weighted by molar-refractivity contribution is -0.134. The molecule has 7 nitrogen and oxygen atoms in total. The molecule has 2 aliphatic heterocycles. The predicted molar refractivity (Wildman–Crippen MR) is 111 cm³/mol. The molecule has 0 radical (unpaired) electrons. The quantitative estimate of drug-likeness (QED) is 0.656. The number of fused-ring (bicyclic) bond motifs is 1. The molecular weight excluding hydrogens is 438 g/mol. The molecule has 1 unspecified atom stereocenters. The molecule has 1 saturated heterocycles. The van der Waals surface area contributed by atoms with Gasteiger partial charge in [-0.15, -0.1) is 0 Å². The van der Waals surface area contributed by atoms with Crippen LogP contribution in [-0.4, -0.2) is 59.1 Å². The first-order valence-corrected chi connectivity index (χ1v) is 10.8. The number of carbonyl (C=O) groups is 4. The van der Waals surface area contributed by atoms with Crippen molar-refractivity contribution < 1.29 is 19.2 Å². The van der Waals surface area contributed by atoms with E-state index in [1.54, 1.807) is 23.1 Å². The summed E-state index contributed by atoms with van der Waals surface area (Å²) in [5.41, 5.74) is 0.805. The first-order valence-electron chi connectivity index (χ1n) is 10.0. The molecule has 0 spiro atoms. The van der Waals surface area contributed by atoms with Crippen LogP contribution in [-0.2, 0) is 9.59 Å². The number of rotatable bonds is 6. The fraction of sp³-hybridized carbons (Fsp3) is 0.524. The molecule has 8 heteroatoms. The molecule has 4 amide bonds. The van der Waals surface area contributed by atoms with Crippen LogP contribution >= 0.6 is 15.9 Å². The minimum absolute atomic E-state index is 0.00144. The molecule has 156 valence electrons. The smallest absolute Gasteiger partial charge is 0.261 e. The number of halogens is 1. The maximum Gasteiger partial charge on any atom is 0.261 e. The Bertz CT molecular complexity index is 839. The number of hydrogen-bond acceptors (Lipinski definition) is 4. The van der Waals surface area contributed by atoms with E-state index < -0.39 is 0 Å². The summed E-state index contributed by atoms with van der Waals surface area (Å²) in [6.45, 7) is 5.10. The lowest BCUT2D eigenvalue weighted by Crippen LogP contribution is -2.50. The Balaban J connectivity index is 1.49. The summed E-state index contributed by atoms with van der Waals surface area (Å²) in [4.78, 5) is 52.4. The molecule has 0 bridgehead atoms. The highest BCUT2D eigenvalue weighted by molar-refractivity contribution is 9.10. The molecule has 29 heavy (non-hydrogen) atoms. The van der Waals surface area contributed by atoms with Gasteiger partial charge in [-0.2, -0.15) is 0 Å². The highest BCUT2D eigenvalue weighted by Crippen LogP contribution is 2.26. The summed E-state index contributed by atoms with van der Waals surface area (Å²) < 4.78 is 0.749. The zero-order valence-electron chi connectivity index (χ0n) is 16.7. The summed E-state index contributed by atoms with van der Waals surface area (Å²) in [5, 5.41) is 3.00. The number of carbonyl (C=O) groups excluding carboxylic acids is 4. The number of nitrogens with one attached hydrogen (secondary N) is 1. The highest BCUT2D eigenvalue weighted by Gasteiger charge is 2.35. The van der Waals surface area contributed by atoms with Gasteiger partial charge in [0, 0.05) is 42.5 Å². The van der Waals surface area contributed by atoms with Gasteiger partial charge in [-0.25, -0.2) is 0 Å². The van der Waals surface area contributed by atoms with Gasteiger partial charge in [-0.1, -0.05) is 29.8 Å². The number of amides is 4. The first kappa shape index (κ1) is 21.5. The lowest BCUT2D eigenvalue weighted by Gasteiger charge is -2.33. The number of benzene rings is 1. The third kappa shape index (κ3) is 4.86. The van der Waals surface area contributed by atoms with Crippen LogP contribution in [0.15, 0.2) is 22.7 Å². The molecule has 1 N–H and O–H groups in total. The van der Waals surface area contributed by atoms with Gasteiger partial charge in [0.25, 0.3) is 11.8 Å². The Labute approximate surface area is 178 Å². The zero-order chi connectivity index (χ0) is 21.1. The number of imide groups is 1. The van der Waals surface area contributed by atoms with Gasteiger partial charge >= 0.3 is 0 Å². The standard InChI is InChI=1S/C21H26BrN3O4/c1-13(2)19(27)23-15-5-3-9-24(12-15)18(26)6-4-10-25-20(28)16-8-7-14(22)11-17(16)21(25)29/h7-8,11,13,15H,3-6,9-10,12H2,1-2H3,(H,23,27). The van der Waals surface area contributed by atoms with Gasteiger partial charge in [0.05, 0.1) is 11.1 Å². The molecular formula is C21H26BrN3O4. The molecule has 0 saturated carbocycles. The van der Waals surface area contributed by atoms with Crippen molar-refractivity contribution in [3.63, 3.8) is 0 Å². The second-order valence-electron chi connectivity index (χ2n) is 7.90. The minimum atomic E-state index is -0.312. The van der Waals surface area contributed by atoms with Crippen LogP contribution < -0.4 is 5.32 Å². The second-order valence-corrected chi connectivity index (χ2v) is 8.81. The van der Waals surface area contributed by atoms with Gasteiger partial charge < -0.3 is 10.2 Å². The van der Waals surface area contributed by atoms with Gasteiger partial charge in [0.2, 0.25) is 11.8 Å². The number of hydrogen-bond donors (Lipinski definition) is 1. The minimum Gasteiger partial charge on any atom is -0.351 e. The Morgan fingerprint density at radius 1 is 1.21 bits per heavy atom. The van der Waals surface area contributed by atoms with Gasteiger partial charge in [-0.3, -0.25) is 24.1 Å². The number of nitrogens with zero attached hydrogens (tertiary/aromatic N) is 2. The molecule has 1 atom stereocenters. The lowest BCUT2D eigenvalue weighted by atomic mass is 10.0. The average molecular weight is 464 g/mol. The average Bonchev–Trinajstić information content (AvgIpc) is 2.92. The van der Waals surface area contributed by atoms with E-state index in [2.05, 4.69) is 21.2 Å². The van der Waals surface area contributed by atoms with Gasteiger partial charge in [-0.05, 0) is 37.5 Å². The van der Waals surface area contributed by atoms with Crippen LogP contribution in [0.25, 0.3) is 0 Å². The predicted octanol–water partition coefficient (Wildman–Crippen LogP) is 2.59. The van der Waals surface area contributed by atoms with Crippen LogP contribution in [0.2, 0.25) is 0 Å². The number of likely N-dealkylation sites (tertiary alicyclic amines) is 1. The van der Waals surface area contributed by atoms with E-state index >= 15 is 0 Å². The highest BCUT2D eigenvalue weighted by atomic mass is 79.9. The fourth-order valence-corrected chi connectivity index (χ4v) is 4.06. The Morgan fingerprint density at radius 3 is 2.66 bits per heavy atom. The first-order chi connectivity index (χ1) is 13.8. The Hall–Kier alpha value is -2.22. The maximum absolute atomic E-state index is 12.6. The van der Waals surface area contributed by atoms with Crippen molar-refractivity contribution in [1.29, 1.82) is 0 Å². The summed E-state index contributed by atoms with van der Waals surface area (Å²) in [5.74, 6) is -0.705. The van der Waals surface area contributed by atoms with Crippen molar-refractivity contribution in [1.82, 2.24) is 15.1 Å². The largest absolute Gasteiger partial charge is 0.351 e. The van der Waals surface area contributed by atoms with E-state index in [-0.39, 0.29) is 48.6 Å². The van der Waals surface area contributed by atoms with E-state index in [9.17, 15) is 19.2 Å². The van der Waals surface area contributed by atoms with Crippen molar-refractivity contribution >= 4 is 39.6 Å². The van der Waals surface area contributed by atoms with Crippen LogP contribution in [0.3, 0.4) is 0 Å². The van der Waals surface area contributed by atoms with E-state index in [0.29, 0.717) is 30.6 Å². The molecule has 1 aromatic rings. The monoisotopic (exact) mass is 463 g/mol. The molecule has 0 aromatic heterocycles. The van der Waals surface area contributed by atoms with Crippen LogP contribution in [0.4, 0.5) is 0 Å². The van der Waals surface area contributed by atoms with Crippen LogP contribution in [0.1, 0.15) is 60.2 Å². The number of piperidine rings is 1. The Morgan fingerprint density at radius 2 is 1.93 bits per heavy atom. The molecule has 3 rings (SSSR count). The third-order valence-corrected chi connectivity index (χ3v) is 5.84. The summed E-state index contributed by atoms with van der Waals surface area (Å²) in [6.07, 6.45) is 2.40. The summed E-state index contributed by atoms with van der Waals surface area (Å²) in [6, 6.07) is 5.02. The van der Waals surface area contributed by atoms with Crippen LogP contribution in [0.5, 0.6) is 0 Å². The van der Waals surface area contributed by atoms with E-state index in [0.717, 1.165) is 17.3 Å². The molecule has 2 heterocycles. The Kier molecular flexibility index (Phi) is 6.72. The molecule has 1 aromatic carbocycles. The van der Waals surface area contributed by atoms with Crippen molar-refractivity contribution in [2.75, 3.05) is 19.6 Å².